The van der Waals surface area contributed by atoms with Crippen molar-refractivity contribution in [2.45, 2.75) is 6.42 Å². The highest BCUT2D eigenvalue weighted by Crippen LogP contribution is 2.16. The zero-order valence-corrected chi connectivity index (χ0v) is 11.1. The number of para-hydroxylation sites is 1. The van der Waals surface area contributed by atoms with Gasteiger partial charge in [-0.1, -0.05) is 18.2 Å². The average molecular weight is 266 g/mol. The van der Waals surface area contributed by atoms with Crippen LogP contribution in [-0.4, -0.2) is 39.3 Å². The van der Waals surface area contributed by atoms with Crippen LogP contribution in [0.2, 0.25) is 0 Å². The number of ether oxygens (including phenoxy) is 2. The van der Waals surface area contributed by atoms with Crippen LogP contribution < -0.4 is 15.4 Å². The number of nitrogens with one attached hydrogen (secondary N) is 2. The minimum atomic E-state index is -0.625. The predicted molar refractivity (Wildman–Crippen MR) is 70.1 cm³/mol. The number of alkyl carbamates (subject to hydrolysis) is 1. The molecule has 0 unspecified atom stereocenters. The van der Waals surface area contributed by atoms with E-state index in [4.69, 9.17) is 4.74 Å². The van der Waals surface area contributed by atoms with Gasteiger partial charge < -0.3 is 20.1 Å². The molecule has 1 rings (SSSR count). The Bertz CT molecular complexity index is 434. The molecule has 19 heavy (non-hydrogen) atoms. The quantitative estimate of drug-likeness (QED) is 0.795. The predicted octanol–water partition coefficient (Wildman–Crippen LogP) is 0.710. The topological polar surface area (TPSA) is 76.7 Å². The van der Waals surface area contributed by atoms with E-state index in [0.717, 1.165) is 11.3 Å². The van der Waals surface area contributed by atoms with Crippen molar-refractivity contribution in [2.24, 2.45) is 0 Å². The summed E-state index contributed by atoms with van der Waals surface area (Å²) < 4.78 is 9.57. The normalized spacial score (nSPS) is 9.58. The number of benzene rings is 1. The van der Waals surface area contributed by atoms with E-state index in [-0.39, 0.29) is 12.5 Å². The van der Waals surface area contributed by atoms with Gasteiger partial charge in [0, 0.05) is 6.54 Å². The molecule has 0 aliphatic carbocycles. The first-order valence-corrected chi connectivity index (χ1v) is 5.87. The molecular formula is C13H18N2O4. The molecule has 0 bridgehead atoms. The molecular weight excluding hydrogens is 248 g/mol. The van der Waals surface area contributed by atoms with Crippen LogP contribution in [-0.2, 0) is 16.0 Å². The number of rotatable bonds is 6. The Morgan fingerprint density at radius 3 is 2.58 bits per heavy atom. The fourth-order valence-corrected chi connectivity index (χ4v) is 1.53. The van der Waals surface area contributed by atoms with Gasteiger partial charge >= 0.3 is 6.09 Å². The van der Waals surface area contributed by atoms with E-state index in [1.165, 1.54) is 7.11 Å². The highest BCUT2D eigenvalue weighted by atomic mass is 16.5. The van der Waals surface area contributed by atoms with Crippen LogP contribution in [0.3, 0.4) is 0 Å². The van der Waals surface area contributed by atoms with E-state index in [9.17, 15) is 9.59 Å². The lowest BCUT2D eigenvalue weighted by atomic mass is 10.1. The van der Waals surface area contributed by atoms with Crippen molar-refractivity contribution in [1.29, 1.82) is 0 Å². The maximum atomic E-state index is 11.4. The van der Waals surface area contributed by atoms with Gasteiger partial charge in [0.25, 0.3) is 0 Å². The van der Waals surface area contributed by atoms with E-state index in [1.807, 2.05) is 24.3 Å². The largest absolute Gasteiger partial charge is 0.496 e. The molecule has 0 fully saturated rings. The van der Waals surface area contributed by atoms with E-state index in [1.54, 1.807) is 7.11 Å². The zero-order valence-electron chi connectivity index (χ0n) is 11.1. The van der Waals surface area contributed by atoms with Crippen LogP contribution in [0.1, 0.15) is 5.56 Å². The van der Waals surface area contributed by atoms with Crippen LogP contribution in [0.4, 0.5) is 4.79 Å². The number of carbonyl (C=O) groups is 2. The summed E-state index contributed by atoms with van der Waals surface area (Å²) in [6.07, 6.45) is 0.0356. The number of hydrogen-bond acceptors (Lipinski definition) is 4. The van der Waals surface area contributed by atoms with Crippen LogP contribution in [0.5, 0.6) is 5.75 Å². The standard InChI is InChI=1S/C13H18N2O4/c1-18-11-6-4-3-5-10(11)7-8-14-12(16)9-15-13(17)19-2/h3-6H,7-9H2,1-2H3,(H,14,16)(H,15,17). The number of hydrogen-bond donors (Lipinski definition) is 2. The molecule has 0 radical (unpaired) electrons. The molecule has 0 atom stereocenters. The van der Waals surface area contributed by atoms with Gasteiger partial charge in [0.1, 0.15) is 5.75 Å². The van der Waals surface area contributed by atoms with Gasteiger partial charge in [-0.05, 0) is 18.1 Å². The Morgan fingerprint density at radius 1 is 1.16 bits per heavy atom. The maximum absolute atomic E-state index is 11.4. The molecule has 0 aromatic heterocycles. The second-order valence-corrected chi connectivity index (χ2v) is 3.76. The van der Waals surface area contributed by atoms with E-state index in [0.29, 0.717) is 13.0 Å². The van der Waals surface area contributed by atoms with Crippen LogP contribution in [0.25, 0.3) is 0 Å². The first-order valence-electron chi connectivity index (χ1n) is 5.87. The lowest BCUT2D eigenvalue weighted by Gasteiger charge is -2.09. The Morgan fingerprint density at radius 2 is 1.89 bits per heavy atom. The molecule has 1 aromatic carbocycles. The summed E-state index contributed by atoms with van der Waals surface area (Å²) in [6, 6.07) is 7.62. The molecule has 1 aromatic rings. The monoisotopic (exact) mass is 266 g/mol. The van der Waals surface area contributed by atoms with Gasteiger partial charge in [0.05, 0.1) is 20.8 Å². The van der Waals surface area contributed by atoms with Gasteiger partial charge in [-0.25, -0.2) is 4.79 Å². The van der Waals surface area contributed by atoms with Crippen molar-refractivity contribution in [3.63, 3.8) is 0 Å². The van der Waals surface area contributed by atoms with E-state index < -0.39 is 6.09 Å². The van der Waals surface area contributed by atoms with Gasteiger partial charge in [-0.15, -0.1) is 0 Å². The number of carbonyl (C=O) groups excluding carboxylic acids is 2. The maximum Gasteiger partial charge on any atom is 0.407 e. The van der Waals surface area contributed by atoms with Crippen molar-refractivity contribution in [3.8, 4) is 5.75 Å². The molecule has 0 spiro atoms. The third-order valence-corrected chi connectivity index (χ3v) is 2.49. The van der Waals surface area contributed by atoms with Crippen molar-refractivity contribution in [2.75, 3.05) is 27.3 Å². The van der Waals surface area contributed by atoms with Crippen molar-refractivity contribution in [3.05, 3.63) is 29.8 Å². The first kappa shape index (κ1) is 14.8. The zero-order chi connectivity index (χ0) is 14.1. The molecule has 0 heterocycles. The second kappa shape index (κ2) is 7.97. The Hall–Kier alpha value is -2.24. The fraction of sp³-hybridized carbons (Fsp3) is 0.385. The molecule has 2 amide bonds. The SMILES string of the molecule is COC(=O)NCC(=O)NCCc1ccccc1OC. The fourth-order valence-electron chi connectivity index (χ4n) is 1.53. The summed E-state index contributed by atoms with van der Waals surface area (Å²) in [4.78, 5) is 22.2. The molecule has 0 aliphatic rings. The summed E-state index contributed by atoms with van der Waals surface area (Å²) in [5.74, 6) is 0.532. The third kappa shape index (κ3) is 5.29. The number of methoxy groups -OCH3 is 2. The summed E-state index contributed by atoms with van der Waals surface area (Å²) in [5, 5.41) is 5.00. The molecule has 0 saturated carbocycles. The molecule has 6 heteroatoms. The van der Waals surface area contributed by atoms with Gasteiger partial charge in [0.15, 0.2) is 0 Å². The van der Waals surface area contributed by atoms with Crippen LogP contribution >= 0.6 is 0 Å². The van der Waals surface area contributed by atoms with Gasteiger partial charge in [0.2, 0.25) is 5.91 Å². The molecule has 0 saturated heterocycles. The molecule has 6 nitrogen and oxygen atoms in total. The van der Waals surface area contributed by atoms with Crippen molar-refractivity contribution >= 4 is 12.0 Å². The van der Waals surface area contributed by atoms with Crippen LogP contribution in [0, 0.1) is 0 Å². The minimum absolute atomic E-state index is 0.0986. The molecule has 104 valence electrons. The van der Waals surface area contributed by atoms with Crippen LogP contribution in [0.15, 0.2) is 24.3 Å². The summed E-state index contributed by atoms with van der Waals surface area (Å²) in [5.41, 5.74) is 1.02. The summed E-state index contributed by atoms with van der Waals surface area (Å²) >= 11 is 0. The van der Waals surface area contributed by atoms with E-state index >= 15 is 0 Å². The Kier molecular flexibility index (Phi) is 6.21. The minimum Gasteiger partial charge on any atom is -0.496 e. The molecule has 2 N–H and O–H groups in total. The van der Waals surface area contributed by atoms with Gasteiger partial charge in [-0.3, -0.25) is 4.79 Å². The average Bonchev–Trinajstić information content (AvgIpc) is 2.45. The highest BCUT2D eigenvalue weighted by Gasteiger charge is 2.05. The van der Waals surface area contributed by atoms with Crippen molar-refractivity contribution < 1.29 is 19.1 Å². The Labute approximate surface area is 112 Å². The smallest absolute Gasteiger partial charge is 0.407 e. The lowest BCUT2D eigenvalue weighted by Crippen LogP contribution is -2.37. The highest BCUT2D eigenvalue weighted by molar-refractivity contribution is 5.82. The summed E-state index contributed by atoms with van der Waals surface area (Å²) in [7, 11) is 2.85. The summed E-state index contributed by atoms with van der Waals surface area (Å²) in [6.45, 7) is 0.376. The first-order chi connectivity index (χ1) is 9.17. The number of amides is 2. The van der Waals surface area contributed by atoms with Gasteiger partial charge in [-0.2, -0.15) is 0 Å². The lowest BCUT2D eigenvalue weighted by molar-refractivity contribution is -0.120. The second-order valence-electron chi connectivity index (χ2n) is 3.76. The van der Waals surface area contributed by atoms with Crippen molar-refractivity contribution in [1.82, 2.24) is 10.6 Å². The molecule has 0 aliphatic heterocycles. The third-order valence-electron chi connectivity index (χ3n) is 2.49. The Balaban J connectivity index is 2.30. The van der Waals surface area contributed by atoms with E-state index in [2.05, 4.69) is 15.4 Å².